The minimum atomic E-state index is -2.01. The second-order valence-electron chi connectivity index (χ2n) is 4.72. The maximum atomic E-state index is 10.5. The predicted octanol–water partition coefficient (Wildman–Crippen LogP) is -2.14. The van der Waals surface area contributed by atoms with E-state index in [0.29, 0.717) is 5.69 Å². The standard InChI is InChI=1S/C12H13N5O4/c1-2-12(20)8(19)7(4-18)21-9(12)6-3-14-11-10(13)15-5-16-17(6)11/h1,3,5,7-9,18-20H,4H2,(H2,13,15,16)/t7-,8-,9+,12-/m1/s1. The molecule has 110 valence electrons. The summed E-state index contributed by atoms with van der Waals surface area (Å²) in [6, 6.07) is 0. The summed E-state index contributed by atoms with van der Waals surface area (Å²) in [5, 5.41) is 33.7. The Morgan fingerprint density at radius 3 is 2.95 bits per heavy atom. The van der Waals surface area contributed by atoms with Gasteiger partial charge < -0.3 is 25.8 Å². The molecule has 1 saturated heterocycles. The molecule has 2 aromatic heterocycles. The summed E-state index contributed by atoms with van der Waals surface area (Å²) < 4.78 is 6.79. The van der Waals surface area contributed by atoms with Gasteiger partial charge in [0.2, 0.25) is 0 Å². The van der Waals surface area contributed by atoms with E-state index in [4.69, 9.17) is 16.9 Å². The summed E-state index contributed by atoms with van der Waals surface area (Å²) in [5.74, 6) is 2.28. The molecule has 0 radical (unpaired) electrons. The molecule has 1 aliphatic heterocycles. The van der Waals surface area contributed by atoms with Crippen LogP contribution in [0.1, 0.15) is 11.8 Å². The summed E-state index contributed by atoms with van der Waals surface area (Å²) in [6.07, 6.45) is 4.36. The molecular weight excluding hydrogens is 278 g/mol. The van der Waals surface area contributed by atoms with Crippen molar-refractivity contribution >= 4 is 11.5 Å². The van der Waals surface area contributed by atoms with Gasteiger partial charge in [-0.3, -0.25) is 0 Å². The van der Waals surface area contributed by atoms with Crippen molar-refractivity contribution in [1.29, 1.82) is 0 Å². The normalized spacial score (nSPS) is 32.4. The molecule has 0 aromatic carbocycles. The quantitative estimate of drug-likeness (QED) is 0.460. The van der Waals surface area contributed by atoms with Crippen LogP contribution < -0.4 is 5.73 Å². The van der Waals surface area contributed by atoms with E-state index in [-0.39, 0.29) is 11.5 Å². The fourth-order valence-corrected chi connectivity index (χ4v) is 2.42. The fourth-order valence-electron chi connectivity index (χ4n) is 2.42. The maximum absolute atomic E-state index is 10.5. The van der Waals surface area contributed by atoms with Crippen LogP contribution in [0.15, 0.2) is 12.5 Å². The number of terminal acetylenes is 1. The Balaban J connectivity index is 2.14. The molecule has 1 aliphatic rings. The highest BCUT2D eigenvalue weighted by molar-refractivity contribution is 5.59. The number of ether oxygens (including phenoxy) is 1. The molecule has 0 unspecified atom stereocenters. The largest absolute Gasteiger partial charge is 0.394 e. The van der Waals surface area contributed by atoms with E-state index in [2.05, 4.69) is 21.0 Å². The van der Waals surface area contributed by atoms with Crippen LogP contribution in [-0.2, 0) is 4.74 Å². The Kier molecular flexibility index (Phi) is 3.03. The lowest BCUT2D eigenvalue weighted by Gasteiger charge is -2.24. The first kappa shape index (κ1) is 13.7. The fraction of sp³-hybridized carbons (Fsp3) is 0.417. The number of aliphatic hydroxyl groups excluding tert-OH is 2. The third-order valence-electron chi connectivity index (χ3n) is 3.55. The molecular formula is C12H13N5O4. The minimum absolute atomic E-state index is 0.151. The number of aliphatic hydroxyl groups is 3. The van der Waals surface area contributed by atoms with Crippen LogP contribution in [0, 0.1) is 12.3 Å². The zero-order chi connectivity index (χ0) is 15.2. The highest BCUT2D eigenvalue weighted by Gasteiger charge is 2.56. The van der Waals surface area contributed by atoms with Crippen molar-refractivity contribution in [3.05, 3.63) is 18.2 Å². The van der Waals surface area contributed by atoms with Crippen LogP contribution in [0.4, 0.5) is 5.82 Å². The summed E-state index contributed by atoms with van der Waals surface area (Å²) >= 11 is 0. The zero-order valence-corrected chi connectivity index (χ0v) is 10.8. The van der Waals surface area contributed by atoms with Gasteiger partial charge in [-0.25, -0.2) is 14.5 Å². The number of hydrogen-bond acceptors (Lipinski definition) is 8. The second kappa shape index (κ2) is 4.64. The summed E-state index contributed by atoms with van der Waals surface area (Å²) in [5.41, 5.74) is 4.25. The van der Waals surface area contributed by atoms with Crippen molar-refractivity contribution in [2.24, 2.45) is 0 Å². The Labute approximate surface area is 119 Å². The Bertz CT molecular complexity index is 726. The average Bonchev–Trinajstić information content (AvgIpc) is 3.01. The van der Waals surface area contributed by atoms with E-state index in [1.54, 1.807) is 0 Å². The number of aromatic nitrogens is 4. The number of imidazole rings is 1. The molecule has 0 bridgehead atoms. The van der Waals surface area contributed by atoms with E-state index in [0.717, 1.165) is 0 Å². The Hall–Kier alpha value is -2.25. The number of nitrogens with zero attached hydrogens (tertiary/aromatic N) is 4. The van der Waals surface area contributed by atoms with Crippen molar-refractivity contribution in [2.75, 3.05) is 12.3 Å². The number of fused-ring (bicyclic) bond motifs is 1. The van der Waals surface area contributed by atoms with Gasteiger partial charge in [0.15, 0.2) is 17.1 Å². The monoisotopic (exact) mass is 291 g/mol. The van der Waals surface area contributed by atoms with Crippen LogP contribution in [0.2, 0.25) is 0 Å². The molecule has 2 aromatic rings. The maximum Gasteiger partial charge on any atom is 0.196 e. The predicted molar refractivity (Wildman–Crippen MR) is 69.7 cm³/mol. The van der Waals surface area contributed by atoms with Gasteiger partial charge >= 0.3 is 0 Å². The third kappa shape index (κ3) is 1.78. The lowest BCUT2D eigenvalue weighted by atomic mass is 9.90. The smallest absolute Gasteiger partial charge is 0.196 e. The van der Waals surface area contributed by atoms with Gasteiger partial charge in [-0.05, 0) is 0 Å². The SMILES string of the molecule is C#C[C@@]1(O)[C@H](O)[C@@H](CO)O[C@H]1c1cnc2c(N)ncnn12. The van der Waals surface area contributed by atoms with Crippen molar-refractivity contribution in [3.8, 4) is 12.3 Å². The van der Waals surface area contributed by atoms with Crippen molar-refractivity contribution < 1.29 is 20.1 Å². The topological polar surface area (TPSA) is 139 Å². The lowest BCUT2D eigenvalue weighted by molar-refractivity contribution is -0.0364. The number of anilines is 1. The molecule has 1 fully saturated rings. The van der Waals surface area contributed by atoms with Gasteiger partial charge in [0.25, 0.3) is 0 Å². The number of rotatable bonds is 2. The molecule has 4 atom stereocenters. The molecule has 0 amide bonds. The van der Waals surface area contributed by atoms with Gasteiger partial charge in [0, 0.05) is 0 Å². The first-order chi connectivity index (χ1) is 10.0. The van der Waals surface area contributed by atoms with Crippen molar-refractivity contribution in [2.45, 2.75) is 23.9 Å². The highest BCUT2D eigenvalue weighted by atomic mass is 16.6. The van der Waals surface area contributed by atoms with Gasteiger partial charge in [0.1, 0.15) is 24.6 Å². The van der Waals surface area contributed by atoms with Crippen LogP contribution in [0.25, 0.3) is 5.65 Å². The first-order valence-electron chi connectivity index (χ1n) is 6.11. The van der Waals surface area contributed by atoms with Gasteiger partial charge in [0.05, 0.1) is 18.5 Å². The minimum Gasteiger partial charge on any atom is -0.394 e. The van der Waals surface area contributed by atoms with E-state index in [9.17, 15) is 15.3 Å². The summed E-state index contributed by atoms with van der Waals surface area (Å²) in [6.45, 7) is -0.491. The molecule has 3 heterocycles. The van der Waals surface area contributed by atoms with Crippen LogP contribution in [0.5, 0.6) is 0 Å². The lowest BCUT2D eigenvalue weighted by Crippen LogP contribution is -2.44. The molecule has 21 heavy (non-hydrogen) atoms. The summed E-state index contributed by atoms with van der Waals surface area (Å²) in [4.78, 5) is 7.85. The average molecular weight is 291 g/mol. The van der Waals surface area contributed by atoms with E-state index in [1.165, 1.54) is 17.0 Å². The van der Waals surface area contributed by atoms with E-state index in [1.807, 2.05) is 0 Å². The highest BCUT2D eigenvalue weighted by Crippen LogP contribution is 2.41. The van der Waals surface area contributed by atoms with E-state index < -0.39 is 30.5 Å². The Morgan fingerprint density at radius 2 is 2.29 bits per heavy atom. The van der Waals surface area contributed by atoms with E-state index >= 15 is 0 Å². The molecule has 0 aliphatic carbocycles. The molecule has 5 N–H and O–H groups in total. The molecule has 9 heteroatoms. The Morgan fingerprint density at radius 1 is 1.52 bits per heavy atom. The number of nitrogen functional groups attached to an aromatic ring is 1. The van der Waals surface area contributed by atoms with Crippen molar-refractivity contribution in [1.82, 2.24) is 19.6 Å². The molecule has 3 rings (SSSR count). The molecule has 9 nitrogen and oxygen atoms in total. The summed E-state index contributed by atoms with van der Waals surface area (Å²) in [7, 11) is 0. The number of hydrogen-bond donors (Lipinski definition) is 4. The van der Waals surface area contributed by atoms with Crippen molar-refractivity contribution in [3.63, 3.8) is 0 Å². The number of nitrogens with two attached hydrogens (primary N) is 1. The second-order valence-corrected chi connectivity index (χ2v) is 4.72. The van der Waals surface area contributed by atoms with Gasteiger partial charge in [-0.2, -0.15) is 5.10 Å². The van der Waals surface area contributed by atoms with Crippen LogP contribution in [0.3, 0.4) is 0 Å². The van der Waals surface area contributed by atoms with Crippen LogP contribution in [-0.4, -0.2) is 59.3 Å². The first-order valence-corrected chi connectivity index (χ1v) is 6.11. The third-order valence-corrected chi connectivity index (χ3v) is 3.55. The molecule has 0 spiro atoms. The zero-order valence-electron chi connectivity index (χ0n) is 10.8. The van der Waals surface area contributed by atoms with Gasteiger partial charge in [-0.1, -0.05) is 5.92 Å². The van der Waals surface area contributed by atoms with Gasteiger partial charge in [-0.15, -0.1) is 6.42 Å². The van der Waals surface area contributed by atoms with Crippen LogP contribution >= 0.6 is 0 Å². The molecule has 0 saturated carbocycles.